The van der Waals surface area contributed by atoms with Gasteiger partial charge in [0.15, 0.2) is 0 Å². The van der Waals surface area contributed by atoms with Gasteiger partial charge in [0.1, 0.15) is 5.82 Å². The van der Waals surface area contributed by atoms with Crippen molar-refractivity contribution in [3.05, 3.63) is 34.5 Å². The lowest BCUT2D eigenvalue weighted by Gasteiger charge is -2.10. The molecule has 0 saturated heterocycles. The van der Waals surface area contributed by atoms with Crippen LogP contribution in [0.3, 0.4) is 0 Å². The molecule has 2 aromatic heterocycles. The molecular weight excluding hydrogens is 230 g/mol. The van der Waals surface area contributed by atoms with Crippen molar-refractivity contribution in [2.45, 2.75) is 27.3 Å². The molecule has 96 valence electrons. The van der Waals surface area contributed by atoms with Gasteiger partial charge in [-0.1, -0.05) is 13.8 Å². The van der Waals surface area contributed by atoms with Gasteiger partial charge in [0, 0.05) is 30.7 Å². The maximum absolute atomic E-state index is 12.3. The summed E-state index contributed by atoms with van der Waals surface area (Å²) >= 11 is 0. The van der Waals surface area contributed by atoms with Crippen molar-refractivity contribution in [2.75, 3.05) is 5.73 Å². The number of anilines is 1. The molecule has 0 fully saturated rings. The van der Waals surface area contributed by atoms with Crippen molar-refractivity contribution in [3.8, 4) is 5.82 Å². The zero-order valence-corrected chi connectivity index (χ0v) is 10.8. The van der Waals surface area contributed by atoms with Gasteiger partial charge in [-0.15, -0.1) is 5.10 Å². The number of nitrogens with two attached hydrogens (primary N) is 1. The Hall–Kier alpha value is -2.11. The van der Waals surface area contributed by atoms with E-state index in [2.05, 4.69) is 23.9 Å². The molecule has 0 aromatic carbocycles. The van der Waals surface area contributed by atoms with Crippen LogP contribution in [0.4, 0.5) is 5.82 Å². The van der Waals surface area contributed by atoms with E-state index >= 15 is 0 Å². The molecule has 0 aliphatic heterocycles. The Morgan fingerprint density at radius 2 is 2.17 bits per heavy atom. The van der Waals surface area contributed by atoms with Crippen LogP contribution in [-0.4, -0.2) is 19.3 Å². The summed E-state index contributed by atoms with van der Waals surface area (Å²) in [5.41, 5.74) is 6.25. The Bertz CT molecular complexity index is 611. The van der Waals surface area contributed by atoms with Crippen LogP contribution in [0.1, 0.15) is 19.5 Å². The summed E-state index contributed by atoms with van der Waals surface area (Å²) in [6.45, 7) is 6.61. The quantitative estimate of drug-likeness (QED) is 0.876. The highest BCUT2D eigenvalue weighted by Gasteiger charge is 2.11. The van der Waals surface area contributed by atoms with Gasteiger partial charge in [-0.05, 0) is 12.8 Å². The number of hydrogen-bond acceptors (Lipinski definition) is 4. The maximum atomic E-state index is 12.3. The topological polar surface area (TPSA) is 78.7 Å². The van der Waals surface area contributed by atoms with E-state index in [4.69, 9.17) is 5.73 Å². The summed E-state index contributed by atoms with van der Waals surface area (Å²) in [6, 6.07) is 1.71. The molecule has 0 bridgehead atoms. The molecule has 6 heteroatoms. The first-order valence-corrected chi connectivity index (χ1v) is 5.87. The van der Waals surface area contributed by atoms with Crippen molar-refractivity contribution >= 4 is 5.82 Å². The first-order chi connectivity index (χ1) is 8.49. The normalized spacial score (nSPS) is 11.1. The Labute approximate surface area is 105 Å². The van der Waals surface area contributed by atoms with Gasteiger partial charge in [0.25, 0.3) is 5.56 Å². The minimum absolute atomic E-state index is 0.155. The van der Waals surface area contributed by atoms with Gasteiger partial charge in [-0.25, -0.2) is 9.67 Å². The summed E-state index contributed by atoms with van der Waals surface area (Å²) in [4.78, 5) is 16.4. The van der Waals surface area contributed by atoms with E-state index in [1.165, 1.54) is 4.68 Å². The van der Waals surface area contributed by atoms with Gasteiger partial charge in [0.05, 0.1) is 0 Å². The second-order valence-electron chi connectivity index (χ2n) is 4.72. The van der Waals surface area contributed by atoms with E-state index in [9.17, 15) is 4.79 Å². The third-order valence-electron chi connectivity index (χ3n) is 2.56. The van der Waals surface area contributed by atoms with Gasteiger partial charge in [-0.2, -0.15) is 0 Å². The first kappa shape index (κ1) is 12.3. The second kappa shape index (κ2) is 4.64. The molecule has 0 radical (unpaired) electrons. The highest BCUT2D eigenvalue weighted by molar-refractivity contribution is 5.33. The zero-order valence-electron chi connectivity index (χ0n) is 10.8. The molecule has 0 atom stereocenters. The van der Waals surface area contributed by atoms with E-state index in [1.54, 1.807) is 23.0 Å². The third kappa shape index (κ3) is 2.27. The molecule has 2 aromatic rings. The molecule has 2 rings (SSSR count). The molecule has 6 nitrogen and oxygen atoms in total. The lowest BCUT2D eigenvalue weighted by molar-refractivity contribution is 0.506. The van der Waals surface area contributed by atoms with Crippen molar-refractivity contribution in [2.24, 2.45) is 5.92 Å². The van der Waals surface area contributed by atoms with Crippen LogP contribution < -0.4 is 11.3 Å². The van der Waals surface area contributed by atoms with Crippen LogP contribution in [0, 0.1) is 12.8 Å². The molecule has 0 amide bonds. The average Bonchev–Trinajstić information content (AvgIpc) is 2.60. The number of rotatable bonds is 3. The van der Waals surface area contributed by atoms with Crippen molar-refractivity contribution in [1.82, 2.24) is 19.3 Å². The van der Waals surface area contributed by atoms with Gasteiger partial charge < -0.3 is 10.3 Å². The van der Waals surface area contributed by atoms with Crippen LogP contribution in [0.2, 0.25) is 0 Å². The SMILES string of the molecule is Cc1cc(N)nn1-c1nccn(CC(C)C)c1=O. The average molecular weight is 247 g/mol. The Kier molecular flexibility index (Phi) is 3.18. The van der Waals surface area contributed by atoms with E-state index in [0.717, 1.165) is 5.69 Å². The predicted octanol–water partition coefficient (Wildman–Crippen LogP) is 0.976. The number of nitrogens with zero attached hydrogens (tertiary/aromatic N) is 4. The van der Waals surface area contributed by atoms with Crippen LogP contribution in [0.5, 0.6) is 0 Å². The molecular formula is C12H17N5O. The Morgan fingerprint density at radius 1 is 1.44 bits per heavy atom. The van der Waals surface area contributed by atoms with E-state index in [0.29, 0.717) is 18.3 Å². The molecule has 0 aliphatic rings. The lowest BCUT2D eigenvalue weighted by atomic mass is 10.2. The Balaban J connectivity index is 2.53. The zero-order chi connectivity index (χ0) is 13.3. The monoisotopic (exact) mass is 247 g/mol. The van der Waals surface area contributed by atoms with Crippen LogP contribution in [0.15, 0.2) is 23.3 Å². The number of nitrogen functional groups attached to an aromatic ring is 1. The number of aromatic nitrogens is 4. The van der Waals surface area contributed by atoms with Crippen molar-refractivity contribution in [1.29, 1.82) is 0 Å². The molecule has 0 spiro atoms. The van der Waals surface area contributed by atoms with Crippen LogP contribution in [0.25, 0.3) is 5.82 Å². The predicted molar refractivity (Wildman–Crippen MR) is 69.6 cm³/mol. The molecule has 2 N–H and O–H groups in total. The number of hydrogen-bond donors (Lipinski definition) is 1. The summed E-state index contributed by atoms with van der Waals surface area (Å²) in [7, 11) is 0. The minimum atomic E-state index is -0.155. The Morgan fingerprint density at radius 3 is 2.72 bits per heavy atom. The largest absolute Gasteiger partial charge is 0.382 e. The number of aryl methyl sites for hydroxylation is 1. The lowest BCUT2D eigenvalue weighted by Crippen LogP contribution is -2.27. The minimum Gasteiger partial charge on any atom is -0.382 e. The molecule has 0 aliphatic carbocycles. The molecule has 0 saturated carbocycles. The highest BCUT2D eigenvalue weighted by atomic mass is 16.1. The van der Waals surface area contributed by atoms with E-state index in [1.807, 2.05) is 6.92 Å². The molecule has 2 heterocycles. The van der Waals surface area contributed by atoms with E-state index < -0.39 is 0 Å². The fourth-order valence-electron chi connectivity index (χ4n) is 1.83. The smallest absolute Gasteiger partial charge is 0.295 e. The van der Waals surface area contributed by atoms with Gasteiger partial charge >= 0.3 is 0 Å². The third-order valence-corrected chi connectivity index (χ3v) is 2.56. The molecule has 0 unspecified atom stereocenters. The molecule has 18 heavy (non-hydrogen) atoms. The van der Waals surface area contributed by atoms with Gasteiger partial charge in [-0.3, -0.25) is 4.79 Å². The van der Waals surface area contributed by atoms with Gasteiger partial charge in [0.2, 0.25) is 5.82 Å². The van der Waals surface area contributed by atoms with Crippen molar-refractivity contribution < 1.29 is 0 Å². The first-order valence-electron chi connectivity index (χ1n) is 5.87. The van der Waals surface area contributed by atoms with Crippen molar-refractivity contribution in [3.63, 3.8) is 0 Å². The fraction of sp³-hybridized carbons (Fsp3) is 0.417. The standard InChI is InChI=1S/C12H17N5O/c1-8(2)7-16-5-4-14-11(12(16)18)17-9(3)6-10(13)15-17/h4-6,8H,7H2,1-3H3,(H2,13,15). The summed E-state index contributed by atoms with van der Waals surface area (Å²) in [5.74, 6) is 1.06. The summed E-state index contributed by atoms with van der Waals surface area (Å²) in [5, 5.41) is 4.08. The summed E-state index contributed by atoms with van der Waals surface area (Å²) < 4.78 is 3.12. The fourth-order valence-corrected chi connectivity index (χ4v) is 1.83. The second-order valence-corrected chi connectivity index (χ2v) is 4.72. The maximum Gasteiger partial charge on any atom is 0.295 e. The van der Waals surface area contributed by atoms with E-state index in [-0.39, 0.29) is 11.4 Å². The highest BCUT2D eigenvalue weighted by Crippen LogP contribution is 2.08. The van der Waals surface area contributed by atoms with Crippen LogP contribution in [-0.2, 0) is 6.54 Å². The van der Waals surface area contributed by atoms with Crippen LogP contribution >= 0.6 is 0 Å². The summed E-state index contributed by atoms with van der Waals surface area (Å²) in [6.07, 6.45) is 3.30.